The SMILES string of the molecule is CCCC(=O)N(CC)C(=O)ONC1=COCC(C)(C)O1. The molecule has 0 aliphatic carbocycles. The highest BCUT2D eigenvalue weighted by Gasteiger charge is 2.27. The molecular formula is C13H22N2O5. The Bertz CT molecular complexity index is 392. The van der Waals surface area contributed by atoms with Gasteiger partial charge < -0.3 is 14.3 Å². The Balaban J connectivity index is 2.49. The Morgan fingerprint density at radius 3 is 2.70 bits per heavy atom. The molecule has 0 atom stereocenters. The number of rotatable bonds is 5. The first-order valence-electron chi connectivity index (χ1n) is 6.67. The number of imide groups is 1. The summed E-state index contributed by atoms with van der Waals surface area (Å²) in [5, 5.41) is 0. The average molecular weight is 286 g/mol. The van der Waals surface area contributed by atoms with E-state index in [1.54, 1.807) is 6.92 Å². The molecular weight excluding hydrogens is 264 g/mol. The van der Waals surface area contributed by atoms with Gasteiger partial charge in [-0.25, -0.2) is 9.69 Å². The van der Waals surface area contributed by atoms with E-state index in [9.17, 15) is 9.59 Å². The van der Waals surface area contributed by atoms with Crippen molar-refractivity contribution in [1.29, 1.82) is 0 Å². The molecule has 7 nitrogen and oxygen atoms in total. The third-order valence-electron chi connectivity index (χ3n) is 2.55. The van der Waals surface area contributed by atoms with Crippen LogP contribution in [-0.4, -0.2) is 35.7 Å². The molecule has 20 heavy (non-hydrogen) atoms. The fraction of sp³-hybridized carbons (Fsp3) is 0.692. The highest BCUT2D eigenvalue weighted by Crippen LogP contribution is 2.18. The zero-order valence-corrected chi connectivity index (χ0v) is 12.4. The van der Waals surface area contributed by atoms with E-state index in [1.807, 2.05) is 20.8 Å². The molecule has 0 spiro atoms. The van der Waals surface area contributed by atoms with Gasteiger partial charge in [0, 0.05) is 13.0 Å². The van der Waals surface area contributed by atoms with E-state index in [4.69, 9.17) is 14.3 Å². The van der Waals surface area contributed by atoms with Crippen molar-refractivity contribution in [3.63, 3.8) is 0 Å². The molecule has 0 saturated carbocycles. The van der Waals surface area contributed by atoms with Gasteiger partial charge in [-0.05, 0) is 27.2 Å². The molecule has 0 aromatic rings. The molecule has 1 rings (SSSR count). The lowest BCUT2D eigenvalue weighted by atomic mass is 10.1. The van der Waals surface area contributed by atoms with Crippen molar-refractivity contribution in [2.75, 3.05) is 13.2 Å². The van der Waals surface area contributed by atoms with Crippen LogP contribution in [-0.2, 0) is 19.1 Å². The van der Waals surface area contributed by atoms with Gasteiger partial charge in [-0.3, -0.25) is 4.79 Å². The number of carbonyl (C=O) groups excluding carboxylic acids is 2. The van der Waals surface area contributed by atoms with E-state index in [0.717, 1.165) is 4.90 Å². The summed E-state index contributed by atoms with van der Waals surface area (Å²) >= 11 is 0. The van der Waals surface area contributed by atoms with Gasteiger partial charge in [-0.2, -0.15) is 5.48 Å². The number of amides is 2. The maximum Gasteiger partial charge on any atom is 0.440 e. The Hall–Kier alpha value is -1.92. The number of hydrogen-bond donors (Lipinski definition) is 1. The molecule has 0 unspecified atom stereocenters. The highest BCUT2D eigenvalue weighted by molar-refractivity contribution is 5.91. The van der Waals surface area contributed by atoms with Crippen LogP contribution in [0.5, 0.6) is 0 Å². The van der Waals surface area contributed by atoms with Crippen LogP contribution in [0.15, 0.2) is 12.1 Å². The molecule has 2 amide bonds. The molecule has 0 radical (unpaired) electrons. The van der Waals surface area contributed by atoms with Gasteiger partial charge in [0.2, 0.25) is 5.91 Å². The lowest BCUT2D eigenvalue weighted by Gasteiger charge is -2.30. The molecule has 0 bridgehead atoms. The lowest BCUT2D eigenvalue weighted by Crippen LogP contribution is -2.41. The van der Waals surface area contributed by atoms with Crippen LogP contribution in [0.3, 0.4) is 0 Å². The van der Waals surface area contributed by atoms with Crippen molar-refractivity contribution < 1.29 is 23.9 Å². The zero-order chi connectivity index (χ0) is 15.2. The van der Waals surface area contributed by atoms with Gasteiger partial charge in [0.1, 0.15) is 18.5 Å². The molecule has 1 heterocycles. The molecule has 1 N–H and O–H groups in total. The van der Waals surface area contributed by atoms with Crippen molar-refractivity contribution in [3.8, 4) is 0 Å². The van der Waals surface area contributed by atoms with Gasteiger partial charge in [-0.1, -0.05) is 6.92 Å². The van der Waals surface area contributed by atoms with Gasteiger partial charge >= 0.3 is 6.09 Å². The van der Waals surface area contributed by atoms with E-state index >= 15 is 0 Å². The first-order valence-corrected chi connectivity index (χ1v) is 6.67. The summed E-state index contributed by atoms with van der Waals surface area (Å²) in [5.41, 5.74) is 1.85. The molecule has 0 fully saturated rings. The zero-order valence-electron chi connectivity index (χ0n) is 12.4. The molecule has 1 aliphatic heterocycles. The number of carbonyl (C=O) groups is 2. The van der Waals surface area contributed by atoms with Crippen molar-refractivity contribution in [3.05, 3.63) is 12.1 Å². The first kappa shape index (κ1) is 16.1. The number of ether oxygens (including phenoxy) is 2. The minimum absolute atomic E-state index is 0.189. The Morgan fingerprint density at radius 2 is 2.15 bits per heavy atom. The van der Waals surface area contributed by atoms with Gasteiger partial charge in [0.05, 0.1) is 0 Å². The van der Waals surface area contributed by atoms with Crippen LogP contribution in [0, 0.1) is 0 Å². The number of nitrogens with zero attached hydrogens (tertiary/aromatic N) is 1. The largest absolute Gasteiger partial charge is 0.491 e. The van der Waals surface area contributed by atoms with E-state index in [1.165, 1.54) is 6.26 Å². The van der Waals surface area contributed by atoms with E-state index < -0.39 is 11.7 Å². The lowest BCUT2D eigenvalue weighted by molar-refractivity contribution is -0.130. The molecule has 0 saturated heterocycles. The topological polar surface area (TPSA) is 77.1 Å². The molecule has 0 aromatic carbocycles. The summed E-state index contributed by atoms with van der Waals surface area (Å²) in [7, 11) is 0. The van der Waals surface area contributed by atoms with E-state index in [0.29, 0.717) is 19.4 Å². The predicted octanol–water partition coefficient (Wildman–Crippen LogP) is 1.90. The number of hydrogen-bond acceptors (Lipinski definition) is 6. The summed E-state index contributed by atoms with van der Waals surface area (Å²) in [5.74, 6) is -0.0782. The minimum atomic E-state index is -0.765. The molecule has 0 aromatic heterocycles. The van der Waals surface area contributed by atoms with Crippen LogP contribution in [0.4, 0.5) is 4.79 Å². The van der Waals surface area contributed by atoms with Crippen molar-refractivity contribution in [1.82, 2.24) is 10.4 Å². The standard InChI is InChI=1S/C13H22N2O5/c1-5-7-11(16)15(6-2)12(17)20-14-10-8-18-9-13(3,4)19-10/h8,14H,5-7,9H2,1-4H3. The summed E-state index contributed by atoms with van der Waals surface area (Å²) < 4.78 is 10.7. The van der Waals surface area contributed by atoms with Crippen molar-refractivity contribution >= 4 is 12.0 Å². The van der Waals surface area contributed by atoms with Crippen molar-refractivity contribution in [2.24, 2.45) is 0 Å². The maximum absolute atomic E-state index is 11.8. The van der Waals surface area contributed by atoms with Crippen LogP contribution in [0.1, 0.15) is 40.5 Å². The van der Waals surface area contributed by atoms with Crippen LogP contribution in [0.2, 0.25) is 0 Å². The number of hydroxylamine groups is 1. The van der Waals surface area contributed by atoms with Crippen LogP contribution >= 0.6 is 0 Å². The normalized spacial score (nSPS) is 16.3. The quantitative estimate of drug-likeness (QED) is 0.778. The van der Waals surface area contributed by atoms with Crippen LogP contribution in [0.25, 0.3) is 0 Å². The van der Waals surface area contributed by atoms with Gasteiger partial charge in [0.25, 0.3) is 5.88 Å². The minimum Gasteiger partial charge on any atom is -0.491 e. The highest BCUT2D eigenvalue weighted by atomic mass is 16.7. The van der Waals surface area contributed by atoms with Gasteiger partial charge in [-0.15, -0.1) is 0 Å². The van der Waals surface area contributed by atoms with Crippen LogP contribution < -0.4 is 5.48 Å². The fourth-order valence-electron chi connectivity index (χ4n) is 1.62. The summed E-state index contributed by atoms with van der Waals surface area (Å²) in [6.07, 6.45) is 1.53. The summed E-state index contributed by atoms with van der Waals surface area (Å²) in [6, 6.07) is 0. The Morgan fingerprint density at radius 1 is 1.45 bits per heavy atom. The number of nitrogens with one attached hydrogen (secondary N) is 1. The second kappa shape index (κ2) is 7.02. The maximum atomic E-state index is 11.8. The summed E-state index contributed by atoms with van der Waals surface area (Å²) in [4.78, 5) is 29.4. The second-order valence-electron chi connectivity index (χ2n) is 5.01. The van der Waals surface area contributed by atoms with E-state index in [2.05, 4.69) is 5.48 Å². The molecule has 7 heteroatoms. The van der Waals surface area contributed by atoms with E-state index in [-0.39, 0.29) is 18.3 Å². The fourth-order valence-corrected chi connectivity index (χ4v) is 1.62. The predicted molar refractivity (Wildman–Crippen MR) is 71.1 cm³/mol. The van der Waals surface area contributed by atoms with Crippen molar-refractivity contribution in [2.45, 2.75) is 46.1 Å². The molecule has 114 valence electrons. The second-order valence-corrected chi connectivity index (χ2v) is 5.01. The van der Waals surface area contributed by atoms with Gasteiger partial charge in [0.15, 0.2) is 0 Å². The molecule has 1 aliphatic rings. The average Bonchev–Trinajstić information content (AvgIpc) is 2.36. The summed E-state index contributed by atoms with van der Waals surface area (Å²) in [6.45, 7) is 7.91. The smallest absolute Gasteiger partial charge is 0.440 e. The third kappa shape index (κ3) is 4.64. The third-order valence-corrected chi connectivity index (χ3v) is 2.55. The monoisotopic (exact) mass is 286 g/mol. The first-order chi connectivity index (χ1) is 9.39. The Kier molecular flexibility index (Phi) is 5.66. The Labute approximate surface area is 118 Å².